The number of ether oxygens (including phenoxy) is 3. The fraction of sp³-hybridized carbons (Fsp3) is 0.625. The number of carbonyl (C=O) groups is 2. The minimum Gasteiger partial charge on any atom is -0.462 e. The highest BCUT2D eigenvalue weighted by Crippen LogP contribution is 2.44. The van der Waals surface area contributed by atoms with Gasteiger partial charge in [0.05, 0.1) is 32.0 Å². The predicted octanol–water partition coefficient (Wildman–Crippen LogP) is 11.1. The maximum Gasteiger partial charge on any atom is 0.472 e. The van der Waals surface area contributed by atoms with E-state index >= 15 is 0 Å². The molecule has 64 heavy (non-hydrogen) atoms. The van der Waals surface area contributed by atoms with Crippen LogP contribution >= 0.6 is 15.6 Å². The van der Waals surface area contributed by atoms with Crippen LogP contribution in [0, 0.1) is 0 Å². The van der Waals surface area contributed by atoms with E-state index in [1.165, 1.54) is 38.5 Å². The van der Waals surface area contributed by atoms with Gasteiger partial charge in [-0.3, -0.25) is 23.2 Å². The minimum atomic E-state index is -4.88. The van der Waals surface area contributed by atoms with Gasteiger partial charge < -0.3 is 34.0 Å². The molecule has 0 aromatic carbocycles. The highest BCUT2D eigenvalue weighted by Gasteiger charge is 2.36. The van der Waals surface area contributed by atoms with Crippen molar-refractivity contribution in [3.8, 4) is 0 Å². The number of epoxide rings is 1. The van der Waals surface area contributed by atoms with Crippen LogP contribution in [0.5, 0.6) is 0 Å². The van der Waals surface area contributed by atoms with E-state index in [0.29, 0.717) is 37.9 Å². The number of aliphatic hydroxyl groups excluding tert-OH is 1. The molecule has 0 amide bonds. The van der Waals surface area contributed by atoms with Crippen molar-refractivity contribution < 1.29 is 66.3 Å². The molecule has 1 rings (SSSR count). The summed E-state index contributed by atoms with van der Waals surface area (Å²) in [6.45, 7) is 1.48. The first-order valence-electron chi connectivity index (χ1n) is 23.1. The Morgan fingerprint density at radius 3 is 1.61 bits per heavy atom. The topological polar surface area (TPSA) is 208 Å². The molecule has 5 atom stereocenters. The molecule has 0 saturated carbocycles. The number of aliphatic hydroxyl groups is 1. The zero-order chi connectivity index (χ0) is 47.0. The van der Waals surface area contributed by atoms with Gasteiger partial charge in [0.1, 0.15) is 12.7 Å². The molecule has 0 aromatic rings. The summed E-state index contributed by atoms with van der Waals surface area (Å²) >= 11 is 0. The number of carbonyl (C=O) groups excluding carboxylic acids is 2. The number of esters is 2. The number of allylic oxidation sites excluding steroid dienone is 14. The summed E-state index contributed by atoms with van der Waals surface area (Å²) in [7, 11) is -9.73. The second kappa shape index (κ2) is 39.2. The number of hydrogen-bond donors (Lipinski definition) is 4. The predicted molar refractivity (Wildman–Crippen MR) is 252 cm³/mol. The molecule has 0 aliphatic carbocycles. The van der Waals surface area contributed by atoms with Crippen molar-refractivity contribution >= 4 is 27.6 Å². The van der Waals surface area contributed by atoms with Gasteiger partial charge in [-0.2, -0.15) is 0 Å². The van der Waals surface area contributed by atoms with Crippen LogP contribution in [-0.2, 0) is 46.5 Å². The van der Waals surface area contributed by atoms with Gasteiger partial charge in [-0.1, -0.05) is 143 Å². The summed E-state index contributed by atoms with van der Waals surface area (Å²) in [6, 6.07) is 0. The van der Waals surface area contributed by atoms with Gasteiger partial charge in [-0.25, -0.2) is 9.13 Å². The highest BCUT2D eigenvalue weighted by molar-refractivity contribution is 7.47. The number of rotatable bonds is 41. The van der Waals surface area contributed by atoms with Crippen molar-refractivity contribution in [1.82, 2.24) is 0 Å². The van der Waals surface area contributed by atoms with Crippen molar-refractivity contribution in [2.45, 2.75) is 167 Å². The van der Waals surface area contributed by atoms with Crippen molar-refractivity contribution in [3.05, 3.63) is 97.2 Å². The third-order valence-corrected chi connectivity index (χ3v) is 10.8. The molecule has 1 saturated heterocycles. The van der Waals surface area contributed by atoms with E-state index < -0.39 is 66.2 Å². The lowest BCUT2D eigenvalue weighted by molar-refractivity contribution is -0.161. The second-order valence-corrected chi connectivity index (χ2v) is 18.0. The van der Waals surface area contributed by atoms with E-state index in [9.17, 15) is 28.7 Å². The van der Waals surface area contributed by atoms with Crippen LogP contribution in [0.3, 0.4) is 0 Å². The molecule has 1 fully saturated rings. The van der Waals surface area contributed by atoms with Crippen LogP contribution in [0.1, 0.15) is 142 Å². The monoisotopic (exact) mass is 940 g/mol. The van der Waals surface area contributed by atoms with Crippen molar-refractivity contribution in [1.29, 1.82) is 0 Å². The molecule has 1 heterocycles. The molecular formula is C48H78O14P2. The van der Waals surface area contributed by atoms with Crippen LogP contribution in [0.15, 0.2) is 97.2 Å². The van der Waals surface area contributed by atoms with E-state index in [1.807, 2.05) is 30.4 Å². The fourth-order valence-electron chi connectivity index (χ4n) is 5.78. The lowest BCUT2D eigenvalue weighted by Crippen LogP contribution is -2.29. The lowest BCUT2D eigenvalue weighted by atomic mass is 10.1. The van der Waals surface area contributed by atoms with Gasteiger partial charge >= 0.3 is 27.6 Å². The zero-order valence-electron chi connectivity index (χ0n) is 38.3. The Morgan fingerprint density at radius 2 is 1.03 bits per heavy atom. The zero-order valence-corrected chi connectivity index (χ0v) is 40.1. The Hall–Kier alpha value is -3.00. The first-order valence-corrected chi connectivity index (χ1v) is 26.1. The Morgan fingerprint density at radius 1 is 0.547 bits per heavy atom. The molecule has 1 aliphatic rings. The SMILES string of the molecule is CC/C=C\CC1OC1C/C=C\C/C=C\C/C=C\C/C=C\CCC(=O)OC[C@H](COP(=O)(O)OC[C@@H](O)COP(=O)(O)O)OC(=O)CCC/C=C\C/C=C\C/C=C\CCCCCCCC. The minimum absolute atomic E-state index is 0.0363. The lowest BCUT2D eigenvalue weighted by Gasteiger charge is -2.20. The second-order valence-electron chi connectivity index (χ2n) is 15.3. The van der Waals surface area contributed by atoms with Crippen LogP contribution in [0.2, 0.25) is 0 Å². The van der Waals surface area contributed by atoms with Crippen LogP contribution in [-0.4, -0.2) is 82.6 Å². The third-order valence-electron chi connectivity index (χ3n) is 9.36. The Bertz CT molecular complexity index is 1560. The molecule has 3 unspecified atom stereocenters. The summed E-state index contributed by atoms with van der Waals surface area (Å²) in [4.78, 5) is 52.7. The van der Waals surface area contributed by atoms with Gasteiger partial charge in [0.2, 0.25) is 0 Å². The van der Waals surface area contributed by atoms with Crippen LogP contribution in [0.25, 0.3) is 0 Å². The number of phosphoric acid groups is 2. The first-order chi connectivity index (χ1) is 30.8. The molecule has 0 aromatic heterocycles. The Balaban J connectivity index is 2.43. The number of unbranched alkanes of at least 4 members (excludes halogenated alkanes) is 7. The molecule has 1 aliphatic heterocycles. The van der Waals surface area contributed by atoms with Crippen LogP contribution in [0.4, 0.5) is 0 Å². The maximum atomic E-state index is 12.7. The van der Waals surface area contributed by atoms with E-state index in [0.717, 1.165) is 51.4 Å². The van der Waals surface area contributed by atoms with Gasteiger partial charge in [0, 0.05) is 12.8 Å². The maximum absolute atomic E-state index is 12.7. The molecule has 0 bridgehead atoms. The molecule has 14 nitrogen and oxygen atoms in total. The average molecular weight is 941 g/mol. The van der Waals surface area contributed by atoms with E-state index in [4.69, 9.17) is 28.5 Å². The Labute approximate surface area is 383 Å². The van der Waals surface area contributed by atoms with E-state index in [-0.39, 0.29) is 12.8 Å². The number of phosphoric ester groups is 2. The molecule has 364 valence electrons. The first kappa shape index (κ1) is 59.0. The Kier molecular flexibility index (Phi) is 36.1. The summed E-state index contributed by atoms with van der Waals surface area (Å²) in [5, 5.41) is 9.76. The largest absolute Gasteiger partial charge is 0.472 e. The molecule has 4 N–H and O–H groups in total. The standard InChI is InChI=1S/C48H78O14P2/c1-3-5-7-8-9-10-11-12-13-14-15-16-21-24-27-30-34-38-48(51)61-44(42-60-64(55,56)59-40-43(49)39-58-63(52,53)54)41-57-47(50)37-33-29-26-23-20-18-17-19-22-25-28-32-36-46-45(62-46)35-31-6-4-2/h6,12-13,15-16,18-20,22,24,26-29,31-32,43-46,49H,3-5,7-11,14,17,21,23,25,30,33-42H2,1-2H3,(H,55,56)(H2,52,53,54)/b13-12-,16-15-,20-18-,22-19-,27-24-,29-26-,31-6-,32-28-/t43-,44+,45?,46?/m0/s1. The highest BCUT2D eigenvalue weighted by atomic mass is 31.2. The third kappa shape index (κ3) is 39.4. The molecular weight excluding hydrogens is 862 g/mol. The smallest absolute Gasteiger partial charge is 0.462 e. The van der Waals surface area contributed by atoms with E-state index in [2.05, 4.69) is 89.7 Å². The summed E-state index contributed by atoms with van der Waals surface area (Å²) in [5.41, 5.74) is 0. The number of hydrogen-bond acceptors (Lipinski definition) is 11. The van der Waals surface area contributed by atoms with Crippen molar-refractivity contribution in [3.63, 3.8) is 0 Å². The van der Waals surface area contributed by atoms with Crippen LogP contribution < -0.4 is 0 Å². The van der Waals surface area contributed by atoms with Gasteiger partial charge in [0.25, 0.3) is 0 Å². The van der Waals surface area contributed by atoms with Crippen molar-refractivity contribution in [2.24, 2.45) is 0 Å². The quantitative estimate of drug-likeness (QED) is 0.0148. The summed E-state index contributed by atoms with van der Waals surface area (Å²) in [5.74, 6) is -1.20. The fourth-order valence-corrected chi connectivity index (χ4v) is 6.94. The van der Waals surface area contributed by atoms with Crippen molar-refractivity contribution in [2.75, 3.05) is 26.4 Å². The van der Waals surface area contributed by atoms with Gasteiger partial charge in [-0.05, 0) is 83.5 Å². The summed E-state index contributed by atoms with van der Waals surface area (Å²) in [6.07, 6.45) is 48.9. The molecule has 16 heteroatoms. The summed E-state index contributed by atoms with van der Waals surface area (Å²) < 4.78 is 53.4. The van der Waals surface area contributed by atoms with Gasteiger partial charge in [0.15, 0.2) is 6.10 Å². The van der Waals surface area contributed by atoms with E-state index in [1.54, 1.807) is 0 Å². The average Bonchev–Trinajstić information content (AvgIpc) is 4.01. The molecule has 0 spiro atoms. The normalized spacial score (nSPS) is 18.0. The molecule has 0 radical (unpaired) electrons. The van der Waals surface area contributed by atoms with Gasteiger partial charge in [-0.15, -0.1) is 0 Å².